The standard InChI is InChI=1S/C16H18N2O4S/c17-18-16(15(19)20,11-13-7-3-1-4-8-13)23(21,22)12-14-9-5-2-6-10-14/h1-10,18H,11-12,17H2,(H,19,20). The van der Waals surface area contributed by atoms with Crippen LogP contribution in [0.25, 0.3) is 0 Å². The Hall–Kier alpha value is -2.22. The van der Waals surface area contributed by atoms with Gasteiger partial charge < -0.3 is 5.11 Å². The van der Waals surface area contributed by atoms with E-state index in [0.29, 0.717) is 11.1 Å². The number of carbonyl (C=O) groups is 1. The highest BCUT2D eigenvalue weighted by Crippen LogP contribution is 2.24. The molecule has 0 amide bonds. The smallest absolute Gasteiger partial charge is 0.341 e. The molecule has 0 aromatic heterocycles. The Balaban J connectivity index is 2.42. The SMILES string of the molecule is NNC(Cc1ccccc1)(C(=O)O)S(=O)(=O)Cc1ccccc1. The zero-order valence-electron chi connectivity index (χ0n) is 12.3. The summed E-state index contributed by atoms with van der Waals surface area (Å²) in [6.45, 7) is 0. The number of hydrogen-bond acceptors (Lipinski definition) is 5. The molecule has 2 rings (SSSR count). The first-order valence-electron chi connectivity index (χ1n) is 6.92. The zero-order valence-corrected chi connectivity index (χ0v) is 13.2. The fourth-order valence-corrected chi connectivity index (χ4v) is 4.03. The van der Waals surface area contributed by atoms with Gasteiger partial charge in [0.15, 0.2) is 9.84 Å². The molecular formula is C16H18N2O4S. The van der Waals surface area contributed by atoms with Crippen LogP contribution in [0.5, 0.6) is 0 Å². The van der Waals surface area contributed by atoms with Crippen molar-refractivity contribution in [2.75, 3.05) is 0 Å². The Kier molecular flexibility index (Phi) is 5.15. The van der Waals surface area contributed by atoms with Crippen LogP contribution in [-0.4, -0.2) is 24.4 Å². The van der Waals surface area contributed by atoms with E-state index < -0.39 is 26.4 Å². The summed E-state index contributed by atoms with van der Waals surface area (Å²) in [6, 6.07) is 16.9. The average Bonchev–Trinajstić information content (AvgIpc) is 2.53. The third-order valence-electron chi connectivity index (χ3n) is 3.60. The van der Waals surface area contributed by atoms with Gasteiger partial charge in [0.2, 0.25) is 4.87 Å². The van der Waals surface area contributed by atoms with E-state index in [0.717, 1.165) is 0 Å². The van der Waals surface area contributed by atoms with Crippen molar-refractivity contribution in [1.82, 2.24) is 5.43 Å². The Morgan fingerprint density at radius 3 is 1.91 bits per heavy atom. The van der Waals surface area contributed by atoms with Crippen molar-refractivity contribution in [2.45, 2.75) is 17.0 Å². The molecule has 0 saturated carbocycles. The first-order valence-corrected chi connectivity index (χ1v) is 8.58. The van der Waals surface area contributed by atoms with E-state index in [4.69, 9.17) is 5.84 Å². The third kappa shape index (κ3) is 3.58. The second-order valence-corrected chi connectivity index (χ2v) is 7.40. The lowest BCUT2D eigenvalue weighted by Crippen LogP contribution is -2.62. The molecule has 6 nitrogen and oxygen atoms in total. The van der Waals surface area contributed by atoms with Crippen molar-refractivity contribution in [3.05, 3.63) is 71.8 Å². The highest BCUT2D eigenvalue weighted by atomic mass is 32.2. The number of carboxylic acid groups (broad SMARTS) is 1. The lowest BCUT2D eigenvalue weighted by atomic mass is 10.1. The van der Waals surface area contributed by atoms with E-state index in [2.05, 4.69) is 0 Å². The van der Waals surface area contributed by atoms with E-state index in [1.165, 1.54) is 0 Å². The lowest BCUT2D eigenvalue weighted by Gasteiger charge is -2.28. The summed E-state index contributed by atoms with van der Waals surface area (Å²) in [4.78, 5) is 9.48. The van der Waals surface area contributed by atoms with Crippen LogP contribution in [0, 0.1) is 0 Å². The topological polar surface area (TPSA) is 109 Å². The fraction of sp³-hybridized carbons (Fsp3) is 0.188. The van der Waals surface area contributed by atoms with Crippen LogP contribution < -0.4 is 11.3 Å². The van der Waals surface area contributed by atoms with E-state index >= 15 is 0 Å². The van der Waals surface area contributed by atoms with Gasteiger partial charge >= 0.3 is 5.97 Å². The maximum absolute atomic E-state index is 12.8. The summed E-state index contributed by atoms with van der Waals surface area (Å²) in [5.74, 6) is 3.44. The average molecular weight is 334 g/mol. The van der Waals surface area contributed by atoms with Crippen LogP contribution in [0.15, 0.2) is 60.7 Å². The predicted molar refractivity (Wildman–Crippen MR) is 86.9 cm³/mol. The first-order chi connectivity index (χ1) is 10.9. The van der Waals surface area contributed by atoms with Gasteiger partial charge in [-0.15, -0.1) is 0 Å². The quantitative estimate of drug-likeness (QED) is 0.516. The van der Waals surface area contributed by atoms with Crippen LogP contribution in [0.1, 0.15) is 11.1 Å². The van der Waals surface area contributed by atoms with Gasteiger partial charge in [-0.1, -0.05) is 60.7 Å². The maximum atomic E-state index is 12.8. The number of aliphatic carboxylic acids is 1. The summed E-state index contributed by atoms with van der Waals surface area (Å²) in [6.07, 6.45) is -0.269. The predicted octanol–water partition coefficient (Wildman–Crippen LogP) is 1.09. The van der Waals surface area contributed by atoms with E-state index in [-0.39, 0.29) is 6.42 Å². The van der Waals surface area contributed by atoms with Gasteiger partial charge in [-0.25, -0.2) is 18.6 Å². The van der Waals surface area contributed by atoms with Crippen molar-refractivity contribution in [3.8, 4) is 0 Å². The molecule has 0 aliphatic carbocycles. The van der Waals surface area contributed by atoms with E-state index in [1.807, 2.05) is 5.43 Å². The van der Waals surface area contributed by atoms with Crippen LogP contribution in [-0.2, 0) is 26.8 Å². The number of hydrogen-bond donors (Lipinski definition) is 3. The van der Waals surface area contributed by atoms with Gasteiger partial charge in [-0.05, 0) is 11.1 Å². The van der Waals surface area contributed by atoms with Gasteiger partial charge in [-0.2, -0.15) is 0 Å². The van der Waals surface area contributed by atoms with Crippen molar-refractivity contribution in [3.63, 3.8) is 0 Å². The van der Waals surface area contributed by atoms with Crippen LogP contribution in [0.2, 0.25) is 0 Å². The highest BCUT2D eigenvalue weighted by Gasteiger charge is 2.50. The molecule has 122 valence electrons. The van der Waals surface area contributed by atoms with Crippen molar-refractivity contribution in [1.29, 1.82) is 0 Å². The normalized spacial score (nSPS) is 14.1. The van der Waals surface area contributed by atoms with Crippen LogP contribution in [0.3, 0.4) is 0 Å². The molecule has 0 heterocycles. The molecule has 0 aliphatic rings. The molecular weight excluding hydrogens is 316 g/mol. The van der Waals surface area contributed by atoms with Gasteiger partial charge in [0.25, 0.3) is 0 Å². The Labute approximate surface area is 134 Å². The van der Waals surface area contributed by atoms with Crippen LogP contribution >= 0.6 is 0 Å². The van der Waals surface area contributed by atoms with Gasteiger partial charge in [0.05, 0.1) is 5.75 Å². The molecule has 23 heavy (non-hydrogen) atoms. The first kappa shape index (κ1) is 17.1. The third-order valence-corrected chi connectivity index (χ3v) is 5.82. The fourth-order valence-electron chi connectivity index (χ4n) is 2.32. The molecule has 1 unspecified atom stereocenters. The summed E-state index contributed by atoms with van der Waals surface area (Å²) in [5, 5.41) is 9.58. The summed E-state index contributed by atoms with van der Waals surface area (Å²) < 4.78 is 25.6. The zero-order chi connectivity index (χ0) is 16.9. The second-order valence-electron chi connectivity index (χ2n) is 5.18. The molecule has 0 spiro atoms. The largest absolute Gasteiger partial charge is 0.479 e. The van der Waals surface area contributed by atoms with Crippen molar-refractivity contribution < 1.29 is 18.3 Å². The van der Waals surface area contributed by atoms with E-state index in [1.54, 1.807) is 60.7 Å². The number of nitrogens with two attached hydrogens (primary N) is 1. The maximum Gasteiger partial charge on any atom is 0.341 e. The number of rotatable bonds is 7. The summed E-state index contributed by atoms with van der Waals surface area (Å²) >= 11 is 0. The minimum Gasteiger partial charge on any atom is -0.479 e. The molecule has 0 saturated heterocycles. The molecule has 7 heteroatoms. The van der Waals surface area contributed by atoms with Crippen molar-refractivity contribution in [2.24, 2.45) is 5.84 Å². The van der Waals surface area contributed by atoms with Crippen LogP contribution in [0.4, 0.5) is 0 Å². The number of nitrogens with one attached hydrogen (secondary N) is 1. The Morgan fingerprint density at radius 1 is 1.00 bits per heavy atom. The molecule has 1 atom stereocenters. The molecule has 0 radical (unpaired) electrons. The monoisotopic (exact) mass is 334 g/mol. The summed E-state index contributed by atoms with van der Waals surface area (Å²) in [7, 11) is -4.12. The number of hydrazine groups is 1. The van der Waals surface area contributed by atoms with Gasteiger partial charge in [0.1, 0.15) is 0 Å². The second kappa shape index (κ2) is 6.91. The Bertz CT molecular complexity index is 763. The van der Waals surface area contributed by atoms with Gasteiger partial charge in [0, 0.05) is 6.42 Å². The van der Waals surface area contributed by atoms with Gasteiger partial charge in [-0.3, -0.25) is 5.84 Å². The number of carboxylic acids is 1. The highest BCUT2D eigenvalue weighted by molar-refractivity contribution is 7.92. The molecule has 0 bridgehead atoms. The molecule has 2 aromatic rings. The number of sulfone groups is 1. The number of benzene rings is 2. The Morgan fingerprint density at radius 2 is 1.48 bits per heavy atom. The molecule has 2 aromatic carbocycles. The lowest BCUT2D eigenvalue weighted by molar-refractivity contribution is -0.141. The minimum absolute atomic E-state index is 0.269. The minimum atomic E-state index is -4.12. The summed E-state index contributed by atoms with van der Waals surface area (Å²) in [5.41, 5.74) is 3.10. The van der Waals surface area contributed by atoms with Crippen molar-refractivity contribution >= 4 is 15.8 Å². The molecule has 4 N–H and O–H groups in total. The molecule has 0 fully saturated rings. The van der Waals surface area contributed by atoms with E-state index in [9.17, 15) is 18.3 Å². The molecule has 0 aliphatic heterocycles.